The zero-order valence-electron chi connectivity index (χ0n) is 13.8. The first-order valence-corrected chi connectivity index (χ1v) is 8.82. The molecule has 2 aliphatic rings. The molecular formula is C19H29ClN2O. The number of halogens is 1. The molecule has 4 heteroatoms. The Morgan fingerprint density at radius 2 is 1.70 bits per heavy atom. The van der Waals surface area contributed by atoms with Crippen LogP contribution < -0.4 is 5.73 Å². The van der Waals surface area contributed by atoms with Crippen LogP contribution in [0.3, 0.4) is 0 Å². The Bertz CT molecular complexity index is 485. The van der Waals surface area contributed by atoms with Gasteiger partial charge in [-0.3, -0.25) is 4.79 Å². The maximum Gasteiger partial charge on any atom is 0.222 e. The molecule has 1 heterocycles. The van der Waals surface area contributed by atoms with Crippen LogP contribution in [0, 0.1) is 5.92 Å². The molecule has 1 amide bonds. The molecule has 3 rings (SSSR count). The summed E-state index contributed by atoms with van der Waals surface area (Å²) in [5, 5.41) is 0. The smallest absolute Gasteiger partial charge is 0.222 e. The molecule has 1 saturated carbocycles. The number of piperidine rings is 1. The van der Waals surface area contributed by atoms with E-state index in [1.165, 1.54) is 18.4 Å². The summed E-state index contributed by atoms with van der Waals surface area (Å²) >= 11 is 0. The quantitative estimate of drug-likeness (QED) is 0.914. The van der Waals surface area contributed by atoms with Crippen LogP contribution in [0.5, 0.6) is 0 Å². The number of benzene rings is 1. The van der Waals surface area contributed by atoms with Crippen LogP contribution >= 0.6 is 12.4 Å². The lowest BCUT2D eigenvalue weighted by atomic mass is 9.82. The summed E-state index contributed by atoms with van der Waals surface area (Å²) in [6, 6.07) is 10.9. The Labute approximate surface area is 146 Å². The van der Waals surface area contributed by atoms with Crippen molar-refractivity contribution in [2.75, 3.05) is 13.1 Å². The van der Waals surface area contributed by atoms with Crippen LogP contribution in [0.4, 0.5) is 0 Å². The summed E-state index contributed by atoms with van der Waals surface area (Å²) in [6.45, 7) is 1.81. The van der Waals surface area contributed by atoms with E-state index in [9.17, 15) is 4.79 Å². The van der Waals surface area contributed by atoms with Crippen LogP contribution in [-0.4, -0.2) is 29.9 Å². The van der Waals surface area contributed by atoms with Crippen LogP contribution in [0.25, 0.3) is 0 Å². The highest BCUT2D eigenvalue weighted by molar-refractivity contribution is 5.85. The maximum atomic E-state index is 12.5. The highest BCUT2D eigenvalue weighted by Crippen LogP contribution is 2.30. The predicted octanol–water partition coefficient (Wildman–Crippen LogP) is 3.72. The molecule has 2 N–H and O–H groups in total. The van der Waals surface area contributed by atoms with Gasteiger partial charge in [-0.2, -0.15) is 0 Å². The summed E-state index contributed by atoms with van der Waals surface area (Å²) in [5.74, 6) is 1.35. The molecule has 1 aliphatic carbocycles. The van der Waals surface area contributed by atoms with E-state index in [4.69, 9.17) is 5.73 Å². The van der Waals surface area contributed by atoms with Gasteiger partial charge in [-0.25, -0.2) is 0 Å². The third-order valence-corrected chi connectivity index (χ3v) is 5.52. The normalized spacial score (nSPS) is 25.7. The maximum absolute atomic E-state index is 12.5. The first-order chi connectivity index (χ1) is 10.7. The number of hydrogen-bond acceptors (Lipinski definition) is 2. The second-order valence-corrected chi connectivity index (χ2v) is 6.98. The number of nitrogens with zero attached hydrogens (tertiary/aromatic N) is 1. The summed E-state index contributed by atoms with van der Waals surface area (Å²) in [6.07, 6.45) is 7.54. The number of nitrogens with two attached hydrogens (primary N) is 1. The Morgan fingerprint density at radius 1 is 1.04 bits per heavy atom. The fourth-order valence-corrected chi connectivity index (χ4v) is 4.03. The highest BCUT2D eigenvalue weighted by atomic mass is 35.5. The first kappa shape index (κ1) is 18.3. The van der Waals surface area contributed by atoms with Gasteiger partial charge in [0.05, 0.1) is 0 Å². The van der Waals surface area contributed by atoms with E-state index in [0.717, 1.165) is 38.8 Å². The monoisotopic (exact) mass is 336 g/mol. The van der Waals surface area contributed by atoms with Gasteiger partial charge in [0.1, 0.15) is 0 Å². The van der Waals surface area contributed by atoms with Crippen molar-refractivity contribution >= 4 is 18.3 Å². The standard InChI is InChI=1S/C19H28N2O.ClH/c20-18-9-5-4-8-17(18)14-19(22)21-12-10-16(11-13-21)15-6-2-1-3-7-15;/h1-3,6-7,16-18H,4-5,8-14,20H2;1H. The SMILES string of the molecule is Cl.NC1CCCCC1CC(=O)N1CCC(c2ccccc2)CC1. The Hall–Kier alpha value is -1.06. The van der Waals surface area contributed by atoms with E-state index in [2.05, 4.69) is 35.2 Å². The van der Waals surface area contributed by atoms with Gasteiger partial charge in [0.15, 0.2) is 0 Å². The summed E-state index contributed by atoms with van der Waals surface area (Å²) in [7, 11) is 0. The van der Waals surface area contributed by atoms with Crippen molar-refractivity contribution in [2.45, 2.75) is 56.9 Å². The van der Waals surface area contributed by atoms with Crippen molar-refractivity contribution in [2.24, 2.45) is 11.7 Å². The average Bonchev–Trinajstić information content (AvgIpc) is 2.58. The Morgan fingerprint density at radius 3 is 2.35 bits per heavy atom. The summed E-state index contributed by atoms with van der Waals surface area (Å²) in [4.78, 5) is 14.6. The molecule has 1 aromatic rings. The van der Waals surface area contributed by atoms with Crippen molar-refractivity contribution in [3.63, 3.8) is 0 Å². The minimum Gasteiger partial charge on any atom is -0.343 e. The number of rotatable bonds is 3. The van der Waals surface area contributed by atoms with Gasteiger partial charge in [-0.15, -0.1) is 12.4 Å². The topological polar surface area (TPSA) is 46.3 Å². The molecule has 1 aromatic carbocycles. The Kier molecular flexibility index (Phi) is 6.91. The van der Waals surface area contributed by atoms with E-state index < -0.39 is 0 Å². The lowest BCUT2D eigenvalue weighted by Gasteiger charge is -2.35. The summed E-state index contributed by atoms with van der Waals surface area (Å²) < 4.78 is 0. The molecule has 0 aromatic heterocycles. The van der Waals surface area contributed by atoms with Crippen LogP contribution in [0.15, 0.2) is 30.3 Å². The van der Waals surface area contributed by atoms with E-state index in [1.54, 1.807) is 0 Å². The molecular weight excluding hydrogens is 308 g/mol. The molecule has 2 unspecified atom stereocenters. The van der Waals surface area contributed by atoms with Crippen molar-refractivity contribution < 1.29 is 4.79 Å². The lowest BCUT2D eigenvalue weighted by Crippen LogP contribution is -2.41. The molecule has 128 valence electrons. The zero-order chi connectivity index (χ0) is 15.4. The molecule has 0 radical (unpaired) electrons. The van der Waals surface area contributed by atoms with Crippen LogP contribution in [0.2, 0.25) is 0 Å². The van der Waals surface area contributed by atoms with Crippen molar-refractivity contribution in [3.05, 3.63) is 35.9 Å². The lowest BCUT2D eigenvalue weighted by molar-refractivity contribution is -0.133. The summed E-state index contributed by atoms with van der Waals surface area (Å²) in [5.41, 5.74) is 7.60. The molecule has 1 saturated heterocycles. The van der Waals surface area contributed by atoms with Crippen LogP contribution in [0.1, 0.15) is 56.4 Å². The minimum absolute atomic E-state index is 0. The fourth-order valence-electron chi connectivity index (χ4n) is 4.03. The number of carbonyl (C=O) groups excluding carboxylic acids is 1. The highest BCUT2D eigenvalue weighted by Gasteiger charge is 2.28. The van der Waals surface area contributed by atoms with Crippen LogP contribution in [-0.2, 0) is 4.79 Å². The molecule has 0 spiro atoms. The largest absolute Gasteiger partial charge is 0.343 e. The number of amides is 1. The third kappa shape index (κ3) is 4.71. The predicted molar refractivity (Wildman–Crippen MR) is 96.8 cm³/mol. The van der Waals surface area contributed by atoms with E-state index in [-0.39, 0.29) is 18.4 Å². The van der Waals surface area contributed by atoms with Gasteiger partial charge in [0, 0.05) is 25.6 Å². The van der Waals surface area contributed by atoms with Gasteiger partial charge in [0.25, 0.3) is 0 Å². The fraction of sp³-hybridized carbons (Fsp3) is 0.632. The molecule has 2 atom stereocenters. The molecule has 3 nitrogen and oxygen atoms in total. The van der Waals surface area contributed by atoms with Gasteiger partial charge in [-0.05, 0) is 43.1 Å². The number of hydrogen-bond donors (Lipinski definition) is 1. The van der Waals surface area contributed by atoms with Crippen molar-refractivity contribution in [3.8, 4) is 0 Å². The van der Waals surface area contributed by atoms with E-state index in [1.807, 2.05) is 0 Å². The molecule has 0 bridgehead atoms. The van der Waals surface area contributed by atoms with Gasteiger partial charge >= 0.3 is 0 Å². The average molecular weight is 337 g/mol. The van der Waals surface area contributed by atoms with E-state index in [0.29, 0.717) is 24.2 Å². The molecule has 23 heavy (non-hydrogen) atoms. The third-order valence-electron chi connectivity index (χ3n) is 5.52. The van der Waals surface area contributed by atoms with Gasteiger partial charge in [-0.1, -0.05) is 43.2 Å². The second kappa shape index (κ2) is 8.70. The first-order valence-electron chi connectivity index (χ1n) is 8.82. The zero-order valence-corrected chi connectivity index (χ0v) is 14.6. The number of likely N-dealkylation sites (tertiary alicyclic amines) is 1. The Balaban J connectivity index is 0.00000192. The van der Waals surface area contributed by atoms with Crippen molar-refractivity contribution in [1.29, 1.82) is 0 Å². The molecule has 2 fully saturated rings. The van der Waals surface area contributed by atoms with Crippen molar-refractivity contribution in [1.82, 2.24) is 4.90 Å². The van der Waals surface area contributed by atoms with E-state index >= 15 is 0 Å². The number of carbonyl (C=O) groups is 1. The van der Waals surface area contributed by atoms with Gasteiger partial charge < -0.3 is 10.6 Å². The second-order valence-electron chi connectivity index (χ2n) is 6.98. The van der Waals surface area contributed by atoms with Gasteiger partial charge in [0.2, 0.25) is 5.91 Å². The minimum atomic E-state index is 0. The molecule has 1 aliphatic heterocycles.